The van der Waals surface area contributed by atoms with Crippen LogP contribution in [0.15, 0.2) is 103 Å². The molecule has 0 saturated carbocycles. The minimum Gasteiger partial charge on any atom is -0.497 e. The summed E-state index contributed by atoms with van der Waals surface area (Å²) in [5.74, 6) is 1.71. The van der Waals surface area contributed by atoms with Crippen molar-refractivity contribution in [2.75, 3.05) is 7.11 Å². The van der Waals surface area contributed by atoms with E-state index < -0.39 is 0 Å². The highest BCUT2D eigenvalue weighted by atomic mass is 16.5. The molecule has 5 nitrogen and oxygen atoms in total. The Morgan fingerprint density at radius 2 is 1.49 bits per heavy atom. The van der Waals surface area contributed by atoms with Crippen molar-refractivity contribution in [3.05, 3.63) is 120 Å². The van der Waals surface area contributed by atoms with Gasteiger partial charge >= 0.3 is 0 Å². The molecule has 0 aliphatic carbocycles. The smallest absolute Gasteiger partial charge is 0.145 e. The number of imidazole rings is 1. The highest BCUT2D eigenvalue weighted by Gasteiger charge is 2.21. The third kappa shape index (κ3) is 4.40. The van der Waals surface area contributed by atoms with Crippen LogP contribution in [-0.4, -0.2) is 26.4 Å². The number of nitrogens with zero attached hydrogens (tertiary/aromatic N) is 4. The first kappa shape index (κ1) is 22.8. The molecular weight excluding hydrogens is 456 g/mol. The zero-order valence-electron chi connectivity index (χ0n) is 21.2. The molecule has 0 fully saturated rings. The molecule has 4 aromatic carbocycles. The highest BCUT2D eigenvalue weighted by Crippen LogP contribution is 2.35. The lowest BCUT2D eigenvalue weighted by Crippen LogP contribution is -2.03. The zero-order valence-corrected chi connectivity index (χ0v) is 21.2. The van der Waals surface area contributed by atoms with Gasteiger partial charge in [0.2, 0.25) is 0 Å². The number of rotatable bonds is 6. The number of fused-ring (bicyclic) bond motifs is 1. The quantitative estimate of drug-likeness (QED) is 0.250. The summed E-state index contributed by atoms with van der Waals surface area (Å²) in [5.41, 5.74) is 9.71. The van der Waals surface area contributed by atoms with Gasteiger partial charge in [0.15, 0.2) is 0 Å². The maximum atomic E-state index is 5.40. The molecule has 0 amide bonds. The van der Waals surface area contributed by atoms with Gasteiger partial charge in [-0.1, -0.05) is 59.7 Å². The van der Waals surface area contributed by atoms with E-state index in [0.717, 1.165) is 51.7 Å². The average molecular weight is 485 g/mol. The zero-order chi connectivity index (χ0) is 25.4. The first-order chi connectivity index (χ1) is 18.1. The van der Waals surface area contributed by atoms with E-state index in [1.807, 2.05) is 41.1 Å². The average Bonchev–Trinajstić information content (AvgIpc) is 3.51. The third-order valence-electron chi connectivity index (χ3n) is 6.62. The normalized spacial score (nSPS) is 11.2. The van der Waals surface area contributed by atoms with E-state index in [0.29, 0.717) is 0 Å². The van der Waals surface area contributed by atoms with Gasteiger partial charge in [0.1, 0.15) is 17.3 Å². The number of ether oxygens (including phenoxy) is 1. The van der Waals surface area contributed by atoms with E-state index >= 15 is 0 Å². The monoisotopic (exact) mass is 484 g/mol. The Morgan fingerprint density at radius 3 is 2.22 bits per heavy atom. The molecule has 6 aromatic rings. The maximum Gasteiger partial charge on any atom is 0.145 e. The number of hydrogen-bond acceptors (Lipinski definition) is 3. The van der Waals surface area contributed by atoms with Gasteiger partial charge in [-0.25, -0.2) is 9.67 Å². The molecule has 0 unspecified atom stereocenters. The largest absolute Gasteiger partial charge is 0.497 e. The first-order valence-electron chi connectivity index (χ1n) is 12.4. The van der Waals surface area contributed by atoms with E-state index in [4.69, 9.17) is 14.8 Å². The van der Waals surface area contributed by atoms with Crippen LogP contribution in [0.3, 0.4) is 0 Å². The van der Waals surface area contributed by atoms with Crippen molar-refractivity contribution in [2.45, 2.75) is 20.4 Å². The summed E-state index contributed by atoms with van der Waals surface area (Å²) < 4.78 is 9.65. The second-order valence-corrected chi connectivity index (χ2v) is 9.41. The Balaban J connectivity index is 1.57. The van der Waals surface area contributed by atoms with Crippen LogP contribution in [0, 0.1) is 13.8 Å². The SMILES string of the molecule is COc1ccc(-c2nn(-c3ccccc3)cc2-c2nc3ccccc3n2Cc2cc(C)cc(C)c2)cc1. The van der Waals surface area contributed by atoms with Crippen LogP contribution in [0.5, 0.6) is 5.75 Å². The van der Waals surface area contributed by atoms with Gasteiger partial charge in [0.25, 0.3) is 0 Å². The third-order valence-corrected chi connectivity index (χ3v) is 6.62. The fourth-order valence-electron chi connectivity index (χ4n) is 5.00. The predicted octanol–water partition coefficient (Wildman–Crippen LogP) is 7.23. The molecule has 5 heteroatoms. The fraction of sp³-hybridized carbons (Fsp3) is 0.125. The Labute approximate surface area is 216 Å². The Morgan fingerprint density at radius 1 is 0.784 bits per heavy atom. The van der Waals surface area contributed by atoms with E-state index in [-0.39, 0.29) is 0 Å². The summed E-state index contributed by atoms with van der Waals surface area (Å²) in [6, 6.07) is 33.3. The molecule has 2 heterocycles. The molecule has 0 N–H and O–H groups in total. The maximum absolute atomic E-state index is 5.40. The van der Waals surface area contributed by atoms with Gasteiger partial charge in [0, 0.05) is 18.3 Å². The van der Waals surface area contributed by atoms with Crippen LogP contribution >= 0.6 is 0 Å². The van der Waals surface area contributed by atoms with Crippen molar-refractivity contribution in [1.29, 1.82) is 0 Å². The summed E-state index contributed by atoms with van der Waals surface area (Å²) >= 11 is 0. The van der Waals surface area contributed by atoms with Crippen molar-refractivity contribution < 1.29 is 4.74 Å². The summed E-state index contributed by atoms with van der Waals surface area (Å²) in [6.07, 6.45) is 2.09. The standard InChI is InChI=1S/C32H28N4O/c1-22-17-23(2)19-24(18-22)20-35-30-12-8-7-11-29(30)33-32(35)28-21-36(26-9-5-4-6-10-26)34-31(28)25-13-15-27(37-3)16-14-25/h4-19,21H,20H2,1-3H3. The minimum absolute atomic E-state index is 0.719. The van der Waals surface area contributed by atoms with Crippen LogP contribution in [0.25, 0.3) is 39.4 Å². The van der Waals surface area contributed by atoms with Crippen molar-refractivity contribution in [2.24, 2.45) is 0 Å². The van der Waals surface area contributed by atoms with Crippen molar-refractivity contribution in [3.8, 4) is 34.1 Å². The number of hydrogen-bond donors (Lipinski definition) is 0. The summed E-state index contributed by atoms with van der Waals surface area (Å²) in [4.78, 5) is 5.14. The summed E-state index contributed by atoms with van der Waals surface area (Å²) in [6.45, 7) is 5.02. The van der Waals surface area contributed by atoms with E-state index in [1.54, 1.807) is 7.11 Å². The summed E-state index contributed by atoms with van der Waals surface area (Å²) in [5, 5.41) is 5.05. The fourth-order valence-corrected chi connectivity index (χ4v) is 5.00. The Kier molecular flexibility index (Phi) is 5.81. The molecule has 0 bridgehead atoms. The van der Waals surface area contributed by atoms with Crippen LogP contribution < -0.4 is 4.74 Å². The number of aryl methyl sites for hydroxylation is 2. The van der Waals surface area contributed by atoms with Gasteiger partial charge in [-0.05, 0) is 67.9 Å². The molecule has 0 spiro atoms. The topological polar surface area (TPSA) is 44.9 Å². The molecule has 2 aromatic heterocycles. The first-order valence-corrected chi connectivity index (χ1v) is 12.4. The van der Waals surface area contributed by atoms with Crippen LogP contribution in [0.2, 0.25) is 0 Å². The second kappa shape index (κ2) is 9.43. The van der Waals surface area contributed by atoms with Crippen molar-refractivity contribution >= 4 is 11.0 Å². The van der Waals surface area contributed by atoms with Crippen LogP contribution in [-0.2, 0) is 6.54 Å². The molecule has 182 valence electrons. The second-order valence-electron chi connectivity index (χ2n) is 9.41. The lowest BCUT2D eigenvalue weighted by atomic mass is 10.1. The predicted molar refractivity (Wildman–Crippen MR) is 149 cm³/mol. The molecule has 0 aliphatic heterocycles. The van der Waals surface area contributed by atoms with Gasteiger partial charge < -0.3 is 9.30 Å². The minimum atomic E-state index is 0.719. The number of benzene rings is 4. The lowest BCUT2D eigenvalue weighted by Gasteiger charge is -2.11. The molecule has 0 atom stereocenters. The van der Waals surface area contributed by atoms with Gasteiger partial charge in [-0.15, -0.1) is 0 Å². The van der Waals surface area contributed by atoms with E-state index in [9.17, 15) is 0 Å². The Hall–Kier alpha value is -4.64. The molecule has 6 rings (SSSR count). The number of methoxy groups -OCH3 is 1. The number of para-hydroxylation sites is 3. The van der Waals surface area contributed by atoms with E-state index in [1.165, 1.54) is 16.7 Å². The van der Waals surface area contributed by atoms with E-state index in [2.05, 4.69) is 85.3 Å². The van der Waals surface area contributed by atoms with Gasteiger partial charge in [-0.3, -0.25) is 0 Å². The molecular formula is C32H28N4O. The highest BCUT2D eigenvalue weighted by molar-refractivity contribution is 5.85. The molecule has 0 aliphatic rings. The molecule has 37 heavy (non-hydrogen) atoms. The summed E-state index contributed by atoms with van der Waals surface area (Å²) in [7, 11) is 1.68. The van der Waals surface area contributed by atoms with Crippen LogP contribution in [0.1, 0.15) is 16.7 Å². The van der Waals surface area contributed by atoms with Crippen molar-refractivity contribution in [1.82, 2.24) is 19.3 Å². The number of aromatic nitrogens is 4. The van der Waals surface area contributed by atoms with Crippen LogP contribution in [0.4, 0.5) is 0 Å². The lowest BCUT2D eigenvalue weighted by molar-refractivity contribution is 0.415. The Bertz CT molecular complexity index is 1670. The van der Waals surface area contributed by atoms with Gasteiger partial charge in [0.05, 0.1) is 29.4 Å². The van der Waals surface area contributed by atoms with Gasteiger partial charge in [-0.2, -0.15) is 5.10 Å². The molecule has 0 saturated heterocycles. The molecule has 0 radical (unpaired) electrons. The van der Waals surface area contributed by atoms with Crippen molar-refractivity contribution in [3.63, 3.8) is 0 Å².